The Morgan fingerprint density at radius 3 is 2.44 bits per heavy atom. The molecule has 9 nitrogen and oxygen atoms in total. The molecule has 0 radical (unpaired) electrons. The van der Waals surface area contributed by atoms with Gasteiger partial charge in [0.1, 0.15) is 11.7 Å². The summed E-state index contributed by atoms with van der Waals surface area (Å²) in [5, 5.41) is 18.0. The number of likely N-dealkylation sites (tertiary alicyclic amines) is 1. The smallest absolute Gasteiger partial charge is 0.237 e. The Labute approximate surface area is 288 Å². The summed E-state index contributed by atoms with van der Waals surface area (Å²) in [5.41, 5.74) is 6.26. The van der Waals surface area contributed by atoms with Crippen molar-refractivity contribution in [1.82, 2.24) is 24.8 Å². The van der Waals surface area contributed by atoms with Crippen LogP contribution in [0.2, 0.25) is 5.02 Å². The Kier molecular flexibility index (Phi) is 8.77. The number of hydrogen-bond donors (Lipinski definition) is 3. The van der Waals surface area contributed by atoms with E-state index in [2.05, 4.69) is 57.0 Å². The van der Waals surface area contributed by atoms with Crippen LogP contribution in [-0.2, 0) is 10.2 Å². The molecule has 3 aliphatic rings. The number of halogens is 1. The van der Waals surface area contributed by atoms with Crippen molar-refractivity contribution in [1.29, 1.82) is 0 Å². The minimum absolute atomic E-state index is 0.0792. The summed E-state index contributed by atoms with van der Waals surface area (Å²) in [7, 11) is 0. The summed E-state index contributed by atoms with van der Waals surface area (Å²) < 4.78 is 2.11. The van der Waals surface area contributed by atoms with E-state index in [1.807, 2.05) is 52.2 Å². The molecule has 4 aromatic rings. The molecule has 0 spiro atoms. The van der Waals surface area contributed by atoms with Crippen LogP contribution in [0, 0.1) is 0 Å². The number of pyridine rings is 1. The summed E-state index contributed by atoms with van der Waals surface area (Å²) in [6, 6.07) is 15.0. The van der Waals surface area contributed by atoms with Gasteiger partial charge in [-0.15, -0.1) is 0 Å². The standard InChI is InChI=1S/C38H48ClN7O2/c1-22(2)41-36(47)28-17-25(11-13-30(28)39)42-35-34-32(40-21-45(34)23(3)4)20-31(43-35)24-10-12-29-33(16-24)46(37(48)38(29,5)6)27-18-26(19-27)44-14-8-7-9-15-44/h10-13,16-17,20-23,26-27,36,41,47H,7-9,14-15,18-19H2,1-6H3,(H,42,43)/t26-,27+,36?. The van der Waals surface area contributed by atoms with Gasteiger partial charge in [-0.05, 0) is 116 Å². The van der Waals surface area contributed by atoms with E-state index in [9.17, 15) is 9.90 Å². The molecule has 1 aliphatic carbocycles. The van der Waals surface area contributed by atoms with E-state index in [1.165, 1.54) is 32.4 Å². The molecule has 0 bridgehead atoms. The maximum absolute atomic E-state index is 13.9. The van der Waals surface area contributed by atoms with Crippen molar-refractivity contribution < 1.29 is 9.90 Å². The van der Waals surface area contributed by atoms with Crippen LogP contribution in [0.5, 0.6) is 0 Å². The van der Waals surface area contributed by atoms with Crippen LogP contribution in [0.4, 0.5) is 17.2 Å². The van der Waals surface area contributed by atoms with E-state index in [4.69, 9.17) is 21.6 Å². The number of nitrogens with one attached hydrogen (secondary N) is 2. The van der Waals surface area contributed by atoms with E-state index in [0.29, 0.717) is 22.4 Å². The Bertz CT molecular complexity index is 1840. The average molecular weight is 670 g/mol. The number of amides is 1. The van der Waals surface area contributed by atoms with Gasteiger partial charge in [-0.25, -0.2) is 9.97 Å². The number of hydrogen-bond acceptors (Lipinski definition) is 7. The maximum Gasteiger partial charge on any atom is 0.237 e. The Hall–Kier alpha value is -3.50. The van der Waals surface area contributed by atoms with Crippen molar-refractivity contribution >= 4 is 45.7 Å². The molecule has 3 N–H and O–H groups in total. The quantitative estimate of drug-likeness (QED) is 0.157. The molecule has 2 aromatic carbocycles. The molecule has 1 unspecified atom stereocenters. The Morgan fingerprint density at radius 2 is 1.73 bits per heavy atom. The van der Waals surface area contributed by atoms with Crippen LogP contribution in [0.1, 0.15) is 97.0 Å². The monoisotopic (exact) mass is 669 g/mol. The highest BCUT2D eigenvalue weighted by atomic mass is 35.5. The first-order valence-electron chi connectivity index (χ1n) is 17.5. The third-order valence-corrected chi connectivity index (χ3v) is 10.8. The lowest BCUT2D eigenvalue weighted by atomic mass is 9.82. The van der Waals surface area contributed by atoms with Crippen molar-refractivity contribution in [2.75, 3.05) is 23.3 Å². The van der Waals surface area contributed by atoms with E-state index in [1.54, 1.807) is 6.07 Å². The molecule has 2 fully saturated rings. The maximum atomic E-state index is 13.9. The Balaban J connectivity index is 1.25. The molecule has 7 rings (SSSR count). The van der Waals surface area contributed by atoms with Gasteiger partial charge in [-0.1, -0.05) is 30.2 Å². The van der Waals surface area contributed by atoms with E-state index in [-0.39, 0.29) is 24.0 Å². The van der Waals surface area contributed by atoms with Gasteiger partial charge in [0.25, 0.3) is 0 Å². The molecule has 4 heterocycles. The number of aliphatic hydroxyl groups excluding tert-OH is 1. The highest BCUT2D eigenvalue weighted by molar-refractivity contribution is 6.31. The lowest BCUT2D eigenvalue weighted by Crippen LogP contribution is -2.57. The van der Waals surface area contributed by atoms with Crippen LogP contribution in [0.15, 0.2) is 48.8 Å². The third kappa shape index (κ3) is 5.89. The van der Waals surface area contributed by atoms with Gasteiger partial charge in [-0.3, -0.25) is 10.1 Å². The number of anilines is 3. The number of rotatable bonds is 9. The normalized spacial score (nSPS) is 21.6. The first-order valence-corrected chi connectivity index (χ1v) is 17.9. The van der Waals surface area contributed by atoms with Crippen LogP contribution >= 0.6 is 11.6 Å². The second-order valence-corrected chi connectivity index (χ2v) is 15.4. The first kappa shape index (κ1) is 33.0. The Morgan fingerprint density at radius 1 is 0.979 bits per heavy atom. The van der Waals surface area contributed by atoms with Crippen molar-refractivity contribution in [3.05, 3.63) is 64.9 Å². The summed E-state index contributed by atoms with van der Waals surface area (Å²) >= 11 is 6.51. The topological polar surface area (TPSA) is 98.6 Å². The molecule has 254 valence electrons. The second kappa shape index (κ2) is 12.8. The summed E-state index contributed by atoms with van der Waals surface area (Å²) in [6.45, 7) is 14.7. The predicted molar refractivity (Wildman–Crippen MR) is 194 cm³/mol. The third-order valence-electron chi connectivity index (χ3n) is 10.5. The number of fused-ring (bicyclic) bond motifs is 2. The van der Waals surface area contributed by atoms with Gasteiger partial charge in [0.2, 0.25) is 5.91 Å². The molecule has 1 saturated heterocycles. The highest BCUT2D eigenvalue weighted by Gasteiger charge is 2.50. The fraction of sp³-hybridized carbons (Fsp3) is 0.500. The van der Waals surface area contributed by atoms with Crippen molar-refractivity contribution in [2.45, 2.75) is 109 Å². The molecule has 2 aliphatic heterocycles. The molecular formula is C38H48ClN7O2. The number of nitrogens with zero attached hydrogens (tertiary/aromatic N) is 5. The lowest BCUT2D eigenvalue weighted by Gasteiger charge is -2.48. The summed E-state index contributed by atoms with van der Waals surface area (Å²) in [5.74, 6) is 0.844. The molecule has 2 aromatic heterocycles. The van der Waals surface area contributed by atoms with Gasteiger partial charge in [0, 0.05) is 51.7 Å². The fourth-order valence-corrected chi connectivity index (χ4v) is 7.94. The minimum Gasteiger partial charge on any atom is -0.374 e. The van der Waals surface area contributed by atoms with Gasteiger partial charge < -0.3 is 24.8 Å². The van der Waals surface area contributed by atoms with Crippen molar-refractivity contribution in [2.24, 2.45) is 0 Å². The number of piperidine rings is 1. The zero-order chi connectivity index (χ0) is 33.9. The number of carbonyl (C=O) groups is 1. The zero-order valence-electron chi connectivity index (χ0n) is 28.9. The van der Waals surface area contributed by atoms with Crippen molar-refractivity contribution in [3.8, 4) is 11.3 Å². The van der Waals surface area contributed by atoms with E-state index in [0.717, 1.165) is 52.1 Å². The number of carbonyl (C=O) groups excluding carboxylic acids is 1. The van der Waals surface area contributed by atoms with Crippen LogP contribution in [0.25, 0.3) is 22.3 Å². The van der Waals surface area contributed by atoms with Gasteiger partial charge in [0.05, 0.1) is 23.0 Å². The SMILES string of the molecule is CC(C)NC(O)c1cc(Nc2nc(-c3ccc4c(c3)N([C@H]3C[C@@H](N5CCCCC5)C3)C(=O)C4(C)C)cc3ncn(C(C)C)c23)ccc1Cl. The zero-order valence-corrected chi connectivity index (χ0v) is 29.7. The number of imidazole rings is 1. The molecule has 1 amide bonds. The summed E-state index contributed by atoms with van der Waals surface area (Å²) in [6.07, 6.45) is 6.90. The second-order valence-electron chi connectivity index (χ2n) is 15.0. The van der Waals surface area contributed by atoms with E-state index >= 15 is 0 Å². The number of benzene rings is 2. The number of aromatic nitrogens is 3. The molecular weight excluding hydrogens is 622 g/mol. The summed E-state index contributed by atoms with van der Waals surface area (Å²) in [4.78, 5) is 28.7. The van der Waals surface area contributed by atoms with Crippen LogP contribution < -0.4 is 15.5 Å². The predicted octanol–water partition coefficient (Wildman–Crippen LogP) is 7.71. The fourth-order valence-electron chi connectivity index (χ4n) is 7.72. The molecule has 1 atom stereocenters. The van der Waals surface area contributed by atoms with Crippen molar-refractivity contribution in [3.63, 3.8) is 0 Å². The largest absolute Gasteiger partial charge is 0.374 e. The van der Waals surface area contributed by atoms with E-state index < -0.39 is 11.6 Å². The lowest BCUT2D eigenvalue weighted by molar-refractivity contribution is -0.123. The highest BCUT2D eigenvalue weighted by Crippen LogP contribution is 2.48. The van der Waals surface area contributed by atoms with Gasteiger partial charge >= 0.3 is 0 Å². The number of aliphatic hydroxyl groups is 1. The van der Waals surface area contributed by atoms with Gasteiger partial charge in [0.15, 0.2) is 5.82 Å². The van der Waals surface area contributed by atoms with Crippen LogP contribution in [0.3, 0.4) is 0 Å². The van der Waals surface area contributed by atoms with Gasteiger partial charge in [-0.2, -0.15) is 0 Å². The van der Waals surface area contributed by atoms with Crippen LogP contribution in [-0.4, -0.2) is 61.7 Å². The molecule has 48 heavy (non-hydrogen) atoms. The average Bonchev–Trinajstić information content (AvgIpc) is 3.55. The molecule has 1 saturated carbocycles. The first-order chi connectivity index (χ1) is 22.9. The molecule has 10 heteroatoms. The minimum atomic E-state index is -0.910.